The number of hydrogen-bond acceptors (Lipinski definition) is 4. The molecule has 4 nitrogen and oxygen atoms in total. The molecule has 0 amide bonds. The van der Waals surface area contributed by atoms with Crippen LogP contribution in [-0.4, -0.2) is 9.97 Å². The van der Waals surface area contributed by atoms with Gasteiger partial charge in [-0.1, -0.05) is 24.3 Å². The van der Waals surface area contributed by atoms with Crippen LogP contribution in [0.4, 0.5) is 5.82 Å². The minimum Gasteiger partial charge on any atom is -0.382 e. The molecule has 1 unspecified atom stereocenters. The molecule has 0 saturated heterocycles. The van der Waals surface area contributed by atoms with E-state index in [1.165, 1.54) is 17.5 Å². The molecule has 2 aromatic rings. The summed E-state index contributed by atoms with van der Waals surface area (Å²) in [6.45, 7) is 0.478. The van der Waals surface area contributed by atoms with Gasteiger partial charge in [-0.05, 0) is 30.4 Å². The zero-order valence-electron chi connectivity index (χ0n) is 10.7. The highest BCUT2D eigenvalue weighted by Crippen LogP contribution is 2.32. The average Bonchev–Trinajstić information content (AvgIpc) is 2.47. The molecule has 1 heterocycles. The summed E-state index contributed by atoms with van der Waals surface area (Å²) >= 11 is 0. The number of aromatic nitrogens is 2. The summed E-state index contributed by atoms with van der Waals surface area (Å²) in [7, 11) is 0. The van der Waals surface area contributed by atoms with Crippen LogP contribution in [-0.2, 0) is 17.8 Å². The van der Waals surface area contributed by atoms with Crippen molar-refractivity contribution >= 4 is 5.82 Å². The van der Waals surface area contributed by atoms with Crippen LogP contribution in [0.15, 0.2) is 36.7 Å². The molecule has 1 aromatic heterocycles. The van der Waals surface area contributed by atoms with E-state index in [4.69, 9.17) is 10.5 Å². The van der Waals surface area contributed by atoms with Crippen molar-refractivity contribution < 1.29 is 4.74 Å². The van der Waals surface area contributed by atoms with Crippen LogP contribution < -0.4 is 5.73 Å². The van der Waals surface area contributed by atoms with E-state index in [2.05, 4.69) is 34.2 Å². The highest BCUT2D eigenvalue weighted by atomic mass is 16.5. The average molecular weight is 255 g/mol. The van der Waals surface area contributed by atoms with Crippen molar-refractivity contribution in [1.29, 1.82) is 0 Å². The van der Waals surface area contributed by atoms with Crippen molar-refractivity contribution in [1.82, 2.24) is 9.97 Å². The molecular formula is C15H17N3O. The standard InChI is InChI=1S/C15H17N3O/c16-15-9-17-12(8-18-15)10-19-14-7-3-5-11-4-1-2-6-13(11)14/h1-2,4,6,8-9,14H,3,5,7,10H2,(H2,16,18). The topological polar surface area (TPSA) is 61.0 Å². The van der Waals surface area contributed by atoms with Crippen LogP contribution in [0.1, 0.15) is 35.8 Å². The molecule has 0 saturated carbocycles. The van der Waals surface area contributed by atoms with E-state index in [9.17, 15) is 0 Å². The lowest BCUT2D eigenvalue weighted by Crippen LogP contribution is -2.13. The summed E-state index contributed by atoms with van der Waals surface area (Å²) in [4.78, 5) is 8.23. The monoisotopic (exact) mass is 255 g/mol. The molecule has 2 N–H and O–H groups in total. The van der Waals surface area contributed by atoms with Crippen molar-refractivity contribution in [2.75, 3.05) is 5.73 Å². The van der Waals surface area contributed by atoms with Gasteiger partial charge in [0.1, 0.15) is 5.82 Å². The van der Waals surface area contributed by atoms with E-state index in [1.54, 1.807) is 12.4 Å². The Morgan fingerprint density at radius 3 is 2.95 bits per heavy atom. The lowest BCUT2D eigenvalue weighted by molar-refractivity contribution is 0.0263. The van der Waals surface area contributed by atoms with Gasteiger partial charge in [0.25, 0.3) is 0 Å². The summed E-state index contributed by atoms with van der Waals surface area (Å²) in [5.41, 5.74) is 9.05. The van der Waals surface area contributed by atoms with Crippen molar-refractivity contribution in [3.05, 3.63) is 53.5 Å². The van der Waals surface area contributed by atoms with E-state index in [0.717, 1.165) is 18.5 Å². The number of fused-ring (bicyclic) bond motifs is 1. The molecule has 0 radical (unpaired) electrons. The van der Waals surface area contributed by atoms with Gasteiger partial charge in [0.2, 0.25) is 0 Å². The van der Waals surface area contributed by atoms with Gasteiger partial charge in [-0.15, -0.1) is 0 Å². The first kappa shape index (κ1) is 12.1. The third-order valence-corrected chi connectivity index (χ3v) is 3.47. The summed E-state index contributed by atoms with van der Waals surface area (Å²) < 4.78 is 5.99. The lowest BCUT2D eigenvalue weighted by Gasteiger charge is -2.25. The van der Waals surface area contributed by atoms with E-state index >= 15 is 0 Å². The molecular weight excluding hydrogens is 238 g/mol. The highest BCUT2D eigenvalue weighted by molar-refractivity contribution is 5.31. The second-order valence-electron chi connectivity index (χ2n) is 4.82. The fourth-order valence-corrected chi connectivity index (χ4v) is 2.51. The number of aryl methyl sites for hydroxylation is 1. The quantitative estimate of drug-likeness (QED) is 0.916. The zero-order chi connectivity index (χ0) is 13.1. The van der Waals surface area contributed by atoms with Crippen molar-refractivity contribution in [2.24, 2.45) is 0 Å². The Morgan fingerprint density at radius 2 is 2.11 bits per heavy atom. The predicted molar refractivity (Wildman–Crippen MR) is 73.4 cm³/mol. The molecule has 0 aliphatic heterocycles. The van der Waals surface area contributed by atoms with Crippen molar-refractivity contribution in [3.8, 4) is 0 Å². The number of anilines is 1. The maximum Gasteiger partial charge on any atom is 0.141 e. The molecule has 98 valence electrons. The number of rotatable bonds is 3. The van der Waals surface area contributed by atoms with Gasteiger partial charge in [0.05, 0.1) is 30.8 Å². The maximum atomic E-state index is 5.99. The Labute approximate surface area is 112 Å². The van der Waals surface area contributed by atoms with Crippen LogP contribution in [0, 0.1) is 0 Å². The second kappa shape index (κ2) is 5.36. The van der Waals surface area contributed by atoms with E-state index in [-0.39, 0.29) is 6.10 Å². The Bertz CT molecular complexity index is 554. The summed E-state index contributed by atoms with van der Waals surface area (Å²) in [5, 5.41) is 0. The third-order valence-electron chi connectivity index (χ3n) is 3.47. The first-order valence-corrected chi connectivity index (χ1v) is 6.59. The Balaban J connectivity index is 1.69. The van der Waals surface area contributed by atoms with Gasteiger partial charge in [0, 0.05) is 0 Å². The van der Waals surface area contributed by atoms with Gasteiger partial charge in [-0.3, -0.25) is 4.98 Å². The second-order valence-corrected chi connectivity index (χ2v) is 4.82. The number of ether oxygens (including phenoxy) is 1. The fraction of sp³-hybridized carbons (Fsp3) is 0.333. The molecule has 1 aromatic carbocycles. The lowest BCUT2D eigenvalue weighted by atomic mass is 9.89. The Kier molecular flexibility index (Phi) is 3.42. The van der Waals surface area contributed by atoms with Gasteiger partial charge in [0.15, 0.2) is 0 Å². The van der Waals surface area contributed by atoms with Crippen LogP contribution in [0.25, 0.3) is 0 Å². The number of hydrogen-bond donors (Lipinski definition) is 1. The number of nitrogen functional groups attached to an aromatic ring is 1. The minimum absolute atomic E-state index is 0.171. The van der Waals surface area contributed by atoms with Crippen LogP contribution in [0.3, 0.4) is 0 Å². The first-order chi connectivity index (χ1) is 9.33. The highest BCUT2D eigenvalue weighted by Gasteiger charge is 2.20. The van der Waals surface area contributed by atoms with Gasteiger partial charge >= 0.3 is 0 Å². The molecule has 0 spiro atoms. The molecule has 1 aliphatic rings. The normalized spacial score (nSPS) is 18.0. The smallest absolute Gasteiger partial charge is 0.141 e. The third kappa shape index (κ3) is 2.74. The molecule has 4 heteroatoms. The van der Waals surface area contributed by atoms with E-state index < -0.39 is 0 Å². The van der Waals surface area contributed by atoms with Gasteiger partial charge in [-0.25, -0.2) is 4.98 Å². The maximum absolute atomic E-state index is 5.99. The fourth-order valence-electron chi connectivity index (χ4n) is 2.51. The van der Waals surface area contributed by atoms with Crippen LogP contribution >= 0.6 is 0 Å². The Hall–Kier alpha value is -1.94. The SMILES string of the molecule is Nc1cnc(COC2CCCc3ccccc32)cn1. The number of benzene rings is 1. The van der Waals surface area contributed by atoms with Crippen molar-refractivity contribution in [2.45, 2.75) is 32.0 Å². The van der Waals surface area contributed by atoms with E-state index in [1.807, 2.05) is 0 Å². The molecule has 1 atom stereocenters. The Morgan fingerprint density at radius 1 is 1.21 bits per heavy atom. The van der Waals surface area contributed by atoms with Crippen LogP contribution in [0.2, 0.25) is 0 Å². The zero-order valence-corrected chi connectivity index (χ0v) is 10.7. The molecule has 0 fully saturated rings. The molecule has 3 rings (SSSR count). The van der Waals surface area contributed by atoms with E-state index in [0.29, 0.717) is 12.4 Å². The largest absolute Gasteiger partial charge is 0.382 e. The number of nitrogens with two attached hydrogens (primary N) is 1. The minimum atomic E-state index is 0.171. The summed E-state index contributed by atoms with van der Waals surface area (Å²) in [6.07, 6.45) is 6.80. The molecule has 1 aliphatic carbocycles. The van der Waals surface area contributed by atoms with Gasteiger partial charge in [-0.2, -0.15) is 0 Å². The van der Waals surface area contributed by atoms with Gasteiger partial charge < -0.3 is 10.5 Å². The summed E-state index contributed by atoms with van der Waals surface area (Å²) in [6, 6.07) is 8.51. The molecule has 19 heavy (non-hydrogen) atoms. The van der Waals surface area contributed by atoms with Crippen LogP contribution in [0.5, 0.6) is 0 Å². The molecule has 0 bridgehead atoms. The predicted octanol–water partition coefficient (Wildman–Crippen LogP) is 2.65. The summed E-state index contributed by atoms with van der Waals surface area (Å²) in [5.74, 6) is 0.437. The van der Waals surface area contributed by atoms with Crippen molar-refractivity contribution in [3.63, 3.8) is 0 Å². The first-order valence-electron chi connectivity index (χ1n) is 6.59. The number of nitrogens with zero attached hydrogens (tertiary/aromatic N) is 2.